The highest BCUT2D eigenvalue weighted by molar-refractivity contribution is 6.04. The first-order valence-corrected chi connectivity index (χ1v) is 12.0. The minimum atomic E-state index is -0.0147. The Morgan fingerprint density at radius 2 is 1.71 bits per heavy atom. The van der Waals surface area contributed by atoms with E-state index in [1.165, 1.54) is 0 Å². The molecule has 0 saturated carbocycles. The molecule has 2 aromatic heterocycles. The molecule has 1 N–H and O–H groups in total. The zero-order valence-corrected chi connectivity index (χ0v) is 19.0. The fourth-order valence-electron chi connectivity index (χ4n) is 5.42. The van der Waals surface area contributed by atoms with E-state index in [1.54, 1.807) is 18.7 Å². The van der Waals surface area contributed by atoms with Crippen molar-refractivity contribution in [1.29, 1.82) is 0 Å². The van der Waals surface area contributed by atoms with Crippen molar-refractivity contribution in [2.24, 2.45) is 11.8 Å². The van der Waals surface area contributed by atoms with Crippen LogP contribution in [0.4, 0.5) is 0 Å². The summed E-state index contributed by atoms with van der Waals surface area (Å²) in [7, 11) is 0. The van der Waals surface area contributed by atoms with E-state index >= 15 is 0 Å². The van der Waals surface area contributed by atoms with Crippen LogP contribution in [0.5, 0.6) is 0 Å². The third-order valence-electron chi connectivity index (χ3n) is 7.42. The van der Waals surface area contributed by atoms with Crippen molar-refractivity contribution < 1.29 is 9.59 Å². The van der Waals surface area contributed by atoms with Gasteiger partial charge in [-0.05, 0) is 47.6 Å². The van der Waals surface area contributed by atoms with Gasteiger partial charge in [-0.15, -0.1) is 0 Å². The van der Waals surface area contributed by atoms with Gasteiger partial charge < -0.3 is 14.8 Å². The summed E-state index contributed by atoms with van der Waals surface area (Å²) >= 11 is 0. The molecule has 2 aromatic carbocycles. The lowest BCUT2D eigenvalue weighted by Crippen LogP contribution is -2.54. The number of hydrogen-bond acceptors (Lipinski definition) is 4. The molecule has 4 aromatic rings. The Bertz CT molecular complexity index is 1370. The number of likely N-dealkylation sites (tertiary alicyclic amines) is 2. The van der Waals surface area contributed by atoms with Gasteiger partial charge in [0.05, 0.1) is 23.6 Å². The number of aromatic amines is 1. The first-order valence-electron chi connectivity index (χ1n) is 12.0. The molecule has 2 aliphatic heterocycles. The summed E-state index contributed by atoms with van der Waals surface area (Å²) in [5.41, 5.74) is 2.75. The van der Waals surface area contributed by atoms with Crippen molar-refractivity contribution in [3.05, 3.63) is 72.3 Å². The number of fused-ring (bicyclic) bond motifs is 2. The molecule has 172 valence electrons. The number of benzene rings is 2. The van der Waals surface area contributed by atoms with Gasteiger partial charge in [-0.1, -0.05) is 36.8 Å². The number of pyridine rings is 1. The zero-order chi connectivity index (χ0) is 23.1. The van der Waals surface area contributed by atoms with Crippen LogP contribution in [-0.4, -0.2) is 62.7 Å². The summed E-state index contributed by atoms with van der Waals surface area (Å²) in [6.45, 7) is 3.00. The van der Waals surface area contributed by atoms with E-state index in [0.29, 0.717) is 22.9 Å². The van der Waals surface area contributed by atoms with Crippen molar-refractivity contribution in [1.82, 2.24) is 24.8 Å². The second-order valence-corrected chi connectivity index (χ2v) is 9.52. The Morgan fingerprint density at radius 3 is 2.59 bits per heavy atom. The van der Waals surface area contributed by atoms with Crippen molar-refractivity contribution in [3.63, 3.8) is 0 Å². The summed E-state index contributed by atoms with van der Waals surface area (Å²) in [5, 5.41) is 2.24. The van der Waals surface area contributed by atoms with Crippen LogP contribution < -0.4 is 0 Å². The molecule has 6 rings (SSSR count). The van der Waals surface area contributed by atoms with Crippen LogP contribution in [0.25, 0.3) is 21.8 Å². The van der Waals surface area contributed by atoms with E-state index in [-0.39, 0.29) is 11.8 Å². The van der Waals surface area contributed by atoms with Gasteiger partial charge in [0, 0.05) is 37.9 Å². The van der Waals surface area contributed by atoms with Crippen LogP contribution in [0.15, 0.2) is 61.2 Å². The number of imidazole rings is 1. The number of hydrogen-bond donors (Lipinski definition) is 1. The van der Waals surface area contributed by atoms with E-state index < -0.39 is 0 Å². The molecule has 2 amide bonds. The Balaban J connectivity index is 1.13. The van der Waals surface area contributed by atoms with Crippen LogP contribution in [-0.2, 0) is 0 Å². The highest BCUT2D eigenvalue weighted by Gasteiger charge is 2.39. The maximum atomic E-state index is 13.4. The van der Waals surface area contributed by atoms with E-state index in [2.05, 4.69) is 27.1 Å². The molecule has 2 fully saturated rings. The largest absolute Gasteiger partial charge is 0.343 e. The van der Waals surface area contributed by atoms with Crippen molar-refractivity contribution in [2.45, 2.75) is 19.3 Å². The normalized spacial score (nSPS) is 19.2. The molecule has 2 saturated heterocycles. The number of nitrogens with one attached hydrogen (secondary N) is 1. The molecule has 34 heavy (non-hydrogen) atoms. The summed E-state index contributed by atoms with van der Waals surface area (Å²) in [5.74, 6) is 0.927. The van der Waals surface area contributed by atoms with Gasteiger partial charge in [0.15, 0.2) is 0 Å². The van der Waals surface area contributed by atoms with Crippen molar-refractivity contribution in [3.8, 4) is 0 Å². The van der Waals surface area contributed by atoms with Gasteiger partial charge in [0.1, 0.15) is 5.52 Å². The Hall–Kier alpha value is -3.74. The minimum Gasteiger partial charge on any atom is -0.343 e. The maximum absolute atomic E-state index is 13.4. The maximum Gasteiger partial charge on any atom is 0.257 e. The quantitative estimate of drug-likeness (QED) is 0.506. The summed E-state index contributed by atoms with van der Waals surface area (Å²) < 4.78 is 0. The van der Waals surface area contributed by atoms with Crippen LogP contribution in [0.1, 0.15) is 40.0 Å². The summed E-state index contributed by atoms with van der Waals surface area (Å²) in [4.78, 5) is 41.8. The Kier molecular flexibility index (Phi) is 5.24. The zero-order valence-electron chi connectivity index (χ0n) is 19.0. The summed E-state index contributed by atoms with van der Waals surface area (Å²) in [6.07, 6.45) is 8.13. The number of carbonyl (C=O) groups excluding carboxylic acids is 2. The van der Waals surface area contributed by atoms with E-state index in [0.717, 1.165) is 67.3 Å². The lowest BCUT2D eigenvalue weighted by molar-refractivity contribution is 0.0295. The van der Waals surface area contributed by atoms with Gasteiger partial charge >= 0.3 is 0 Å². The molecule has 0 bridgehead atoms. The molecule has 0 aliphatic carbocycles. The van der Waals surface area contributed by atoms with E-state index in [1.807, 2.05) is 40.1 Å². The lowest BCUT2D eigenvalue weighted by Gasteiger charge is -2.44. The first kappa shape index (κ1) is 20.8. The molecule has 2 aliphatic rings. The standard InChI is InChI=1S/C27H27N5O2/c33-26(20-9-8-18-5-1-2-6-19(18)11-20)31-10-4-3-7-21(14-31)22-15-32(16-22)27(34)23-12-28-13-24-25(23)30-17-29-24/h1-2,5-6,8-9,11-13,17,21-22H,3-4,7,10,14-16H2,(H,29,30). The molecule has 0 radical (unpaired) electrons. The topological polar surface area (TPSA) is 82.2 Å². The van der Waals surface area contributed by atoms with Gasteiger partial charge in [-0.3, -0.25) is 14.6 Å². The number of aromatic nitrogens is 3. The fraction of sp³-hybridized carbons (Fsp3) is 0.333. The highest BCUT2D eigenvalue weighted by Crippen LogP contribution is 2.32. The van der Waals surface area contributed by atoms with Gasteiger partial charge in [-0.25, -0.2) is 4.98 Å². The SMILES string of the molecule is O=C(c1ccc2ccccc2c1)N1CCCCC(C2CN(C(=O)c3cncc4[nH]cnc34)C2)C1. The number of rotatable bonds is 3. The molecule has 0 spiro atoms. The fourth-order valence-corrected chi connectivity index (χ4v) is 5.42. The monoisotopic (exact) mass is 453 g/mol. The molecular weight excluding hydrogens is 426 g/mol. The van der Waals surface area contributed by atoms with Gasteiger partial charge in [0.2, 0.25) is 0 Å². The van der Waals surface area contributed by atoms with Crippen LogP contribution in [0, 0.1) is 11.8 Å². The molecular formula is C27H27N5O2. The van der Waals surface area contributed by atoms with Crippen LogP contribution in [0.3, 0.4) is 0 Å². The molecule has 1 unspecified atom stereocenters. The molecule has 7 heteroatoms. The average molecular weight is 454 g/mol. The molecule has 1 atom stereocenters. The lowest BCUT2D eigenvalue weighted by atomic mass is 9.82. The van der Waals surface area contributed by atoms with E-state index in [9.17, 15) is 9.59 Å². The van der Waals surface area contributed by atoms with Crippen molar-refractivity contribution in [2.75, 3.05) is 26.2 Å². The second-order valence-electron chi connectivity index (χ2n) is 9.52. The Morgan fingerprint density at radius 1 is 0.882 bits per heavy atom. The van der Waals surface area contributed by atoms with Gasteiger partial charge in [-0.2, -0.15) is 0 Å². The average Bonchev–Trinajstić information content (AvgIpc) is 3.20. The third-order valence-corrected chi connectivity index (χ3v) is 7.42. The highest BCUT2D eigenvalue weighted by atomic mass is 16.2. The number of amides is 2. The van der Waals surface area contributed by atoms with Gasteiger partial charge in [0.25, 0.3) is 11.8 Å². The predicted octanol–water partition coefficient (Wildman–Crippen LogP) is 4.13. The number of H-pyrrole nitrogens is 1. The van der Waals surface area contributed by atoms with Crippen molar-refractivity contribution >= 4 is 33.6 Å². The summed E-state index contributed by atoms with van der Waals surface area (Å²) in [6, 6.07) is 14.1. The third kappa shape index (κ3) is 3.71. The first-order chi connectivity index (χ1) is 16.7. The second kappa shape index (κ2) is 8.56. The minimum absolute atomic E-state index is 0.0147. The number of nitrogens with zero attached hydrogens (tertiary/aromatic N) is 4. The predicted molar refractivity (Wildman–Crippen MR) is 130 cm³/mol. The smallest absolute Gasteiger partial charge is 0.257 e. The number of carbonyl (C=O) groups is 2. The van der Waals surface area contributed by atoms with Crippen LogP contribution >= 0.6 is 0 Å². The van der Waals surface area contributed by atoms with Crippen LogP contribution in [0.2, 0.25) is 0 Å². The molecule has 4 heterocycles. The van der Waals surface area contributed by atoms with E-state index in [4.69, 9.17) is 0 Å². The Labute approximate surface area is 197 Å². The molecule has 7 nitrogen and oxygen atoms in total.